The third-order valence-corrected chi connectivity index (χ3v) is 4.56. The van der Waals surface area contributed by atoms with Crippen molar-refractivity contribution < 1.29 is 9.53 Å². The van der Waals surface area contributed by atoms with Gasteiger partial charge in [-0.1, -0.05) is 15.9 Å². The van der Waals surface area contributed by atoms with Crippen LogP contribution in [0.2, 0.25) is 0 Å². The van der Waals surface area contributed by atoms with Crippen LogP contribution < -0.4 is 0 Å². The van der Waals surface area contributed by atoms with Gasteiger partial charge in [-0.15, -0.1) is 0 Å². The van der Waals surface area contributed by atoms with Gasteiger partial charge in [0.15, 0.2) is 0 Å². The first kappa shape index (κ1) is 11.2. The van der Waals surface area contributed by atoms with Crippen LogP contribution in [-0.2, 0) is 4.74 Å². The Morgan fingerprint density at radius 1 is 1.67 bits per heavy atom. The van der Waals surface area contributed by atoms with Gasteiger partial charge in [0, 0.05) is 19.1 Å². The zero-order valence-corrected chi connectivity index (χ0v) is 10.8. The number of hydrogen-bond donors (Lipinski definition) is 0. The molecule has 5 heteroatoms. The van der Waals surface area contributed by atoms with Gasteiger partial charge in [-0.3, -0.25) is 0 Å². The van der Waals surface area contributed by atoms with Crippen molar-refractivity contribution in [2.75, 3.05) is 33.3 Å². The van der Waals surface area contributed by atoms with Crippen molar-refractivity contribution in [3.63, 3.8) is 0 Å². The lowest BCUT2D eigenvalue weighted by atomic mass is 10.1. The second-order valence-electron chi connectivity index (χ2n) is 4.36. The Hall–Kier alpha value is -0.290. The third kappa shape index (κ3) is 1.87. The normalized spacial score (nSPS) is 35.7. The van der Waals surface area contributed by atoms with E-state index in [1.165, 1.54) is 0 Å². The minimum Gasteiger partial charge on any atom is -0.450 e. The summed E-state index contributed by atoms with van der Waals surface area (Å²) in [6, 6.07) is 0.432. The number of ether oxygens (including phenoxy) is 1. The van der Waals surface area contributed by atoms with E-state index in [0.717, 1.165) is 26.1 Å². The van der Waals surface area contributed by atoms with Crippen molar-refractivity contribution in [1.29, 1.82) is 0 Å². The van der Waals surface area contributed by atoms with E-state index in [4.69, 9.17) is 4.74 Å². The van der Waals surface area contributed by atoms with E-state index in [0.29, 0.717) is 12.6 Å². The highest BCUT2D eigenvalue weighted by Crippen LogP contribution is 2.41. The molecule has 0 aliphatic carbocycles. The largest absolute Gasteiger partial charge is 0.450 e. The summed E-state index contributed by atoms with van der Waals surface area (Å²) in [4.78, 5) is 15.7. The van der Waals surface area contributed by atoms with E-state index in [1.807, 2.05) is 6.92 Å². The fraction of sp³-hybridized carbons (Fsp3) is 0.900. The molecule has 0 spiro atoms. The van der Waals surface area contributed by atoms with Crippen molar-refractivity contribution in [2.24, 2.45) is 0 Å². The number of rotatable bonds is 1. The van der Waals surface area contributed by atoms with Crippen LogP contribution in [0.25, 0.3) is 0 Å². The maximum absolute atomic E-state index is 11.6. The summed E-state index contributed by atoms with van der Waals surface area (Å²) in [7, 11) is 2.11. The van der Waals surface area contributed by atoms with Gasteiger partial charge in [-0.2, -0.15) is 0 Å². The van der Waals surface area contributed by atoms with Crippen LogP contribution in [0, 0.1) is 0 Å². The second-order valence-corrected chi connectivity index (χ2v) is 5.94. The van der Waals surface area contributed by atoms with E-state index < -0.39 is 0 Å². The molecule has 1 amide bonds. The van der Waals surface area contributed by atoms with Crippen LogP contribution in [0.5, 0.6) is 0 Å². The molecule has 2 aliphatic rings. The maximum Gasteiger partial charge on any atom is 0.409 e. The minimum atomic E-state index is -0.181. The highest BCUT2D eigenvalue weighted by Gasteiger charge is 2.52. The molecule has 15 heavy (non-hydrogen) atoms. The number of alkyl halides is 1. The molecule has 0 aromatic carbocycles. The molecule has 0 radical (unpaired) electrons. The van der Waals surface area contributed by atoms with E-state index in [-0.39, 0.29) is 10.4 Å². The van der Waals surface area contributed by atoms with Gasteiger partial charge in [0.2, 0.25) is 0 Å². The number of halogens is 1. The maximum atomic E-state index is 11.6. The van der Waals surface area contributed by atoms with Crippen LogP contribution in [0.4, 0.5) is 4.79 Å². The molecule has 2 atom stereocenters. The first-order valence-electron chi connectivity index (χ1n) is 5.37. The SMILES string of the molecule is CCOC(=O)N1CC2N(C)CCC2(Br)C1. The Balaban J connectivity index is 2.02. The predicted molar refractivity (Wildman–Crippen MR) is 61.3 cm³/mol. The van der Waals surface area contributed by atoms with Crippen LogP contribution in [0.3, 0.4) is 0 Å². The van der Waals surface area contributed by atoms with Crippen molar-refractivity contribution in [3.8, 4) is 0 Å². The Morgan fingerprint density at radius 3 is 3.00 bits per heavy atom. The van der Waals surface area contributed by atoms with Gasteiger partial charge in [0.1, 0.15) is 0 Å². The number of hydrogen-bond acceptors (Lipinski definition) is 3. The predicted octanol–water partition coefficient (Wildman–Crippen LogP) is 1.30. The number of carbonyl (C=O) groups is 1. The van der Waals surface area contributed by atoms with Crippen molar-refractivity contribution in [2.45, 2.75) is 23.7 Å². The van der Waals surface area contributed by atoms with Crippen molar-refractivity contribution >= 4 is 22.0 Å². The molecule has 0 aromatic rings. The smallest absolute Gasteiger partial charge is 0.409 e. The topological polar surface area (TPSA) is 32.8 Å². The summed E-state index contributed by atoms with van der Waals surface area (Å²) in [6.07, 6.45) is 0.920. The van der Waals surface area contributed by atoms with E-state index in [9.17, 15) is 4.79 Å². The fourth-order valence-corrected chi connectivity index (χ4v) is 3.49. The molecule has 2 heterocycles. The lowest BCUT2D eigenvalue weighted by molar-refractivity contribution is 0.111. The van der Waals surface area contributed by atoms with Gasteiger partial charge < -0.3 is 14.5 Å². The first-order valence-corrected chi connectivity index (χ1v) is 6.17. The molecule has 0 bridgehead atoms. The van der Waals surface area contributed by atoms with Gasteiger partial charge >= 0.3 is 6.09 Å². The van der Waals surface area contributed by atoms with Crippen LogP contribution in [-0.4, -0.2) is 59.5 Å². The number of amides is 1. The Morgan fingerprint density at radius 2 is 2.40 bits per heavy atom. The van der Waals surface area contributed by atoms with E-state index in [1.54, 1.807) is 4.90 Å². The molecule has 0 aromatic heterocycles. The third-order valence-electron chi connectivity index (χ3n) is 3.38. The molecular weight excluding hydrogens is 260 g/mol. The lowest BCUT2D eigenvalue weighted by Crippen LogP contribution is -2.37. The molecule has 2 unspecified atom stereocenters. The summed E-state index contributed by atoms with van der Waals surface area (Å²) in [6.45, 7) is 4.93. The Bertz CT molecular complexity index is 274. The molecule has 2 rings (SSSR count). The summed E-state index contributed by atoms with van der Waals surface area (Å²) < 4.78 is 5.11. The summed E-state index contributed by atoms with van der Waals surface area (Å²) in [5.74, 6) is 0. The highest BCUT2D eigenvalue weighted by molar-refractivity contribution is 9.10. The monoisotopic (exact) mass is 276 g/mol. The average Bonchev–Trinajstić information content (AvgIpc) is 2.65. The molecule has 2 aliphatic heterocycles. The van der Waals surface area contributed by atoms with Crippen molar-refractivity contribution in [3.05, 3.63) is 0 Å². The molecule has 2 fully saturated rings. The highest BCUT2D eigenvalue weighted by atomic mass is 79.9. The summed E-state index contributed by atoms with van der Waals surface area (Å²) in [5, 5.41) is 0. The Labute approximate surface area is 98.7 Å². The number of carbonyl (C=O) groups excluding carboxylic acids is 1. The Kier molecular flexibility index (Phi) is 2.94. The first-order chi connectivity index (χ1) is 7.07. The molecule has 2 saturated heterocycles. The molecule has 0 N–H and O–H groups in total. The number of fused-ring (bicyclic) bond motifs is 1. The second kappa shape index (κ2) is 3.94. The summed E-state index contributed by atoms with van der Waals surface area (Å²) >= 11 is 3.78. The van der Waals surface area contributed by atoms with Crippen LogP contribution >= 0.6 is 15.9 Å². The van der Waals surface area contributed by atoms with Gasteiger partial charge in [0.25, 0.3) is 0 Å². The van der Waals surface area contributed by atoms with Gasteiger partial charge in [0.05, 0.1) is 10.9 Å². The zero-order valence-electron chi connectivity index (χ0n) is 9.20. The molecule has 86 valence electrons. The van der Waals surface area contributed by atoms with Crippen LogP contribution in [0.1, 0.15) is 13.3 Å². The fourth-order valence-electron chi connectivity index (χ4n) is 2.51. The van der Waals surface area contributed by atoms with Crippen molar-refractivity contribution in [1.82, 2.24) is 9.80 Å². The zero-order chi connectivity index (χ0) is 11.1. The lowest BCUT2D eigenvalue weighted by Gasteiger charge is -2.22. The quantitative estimate of drug-likeness (QED) is 0.677. The molecular formula is C10H17BrN2O2. The van der Waals surface area contributed by atoms with E-state index >= 15 is 0 Å². The minimum absolute atomic E-state index is 0.0918. The summed E-state index contributed by atoms with van der Waals surface area (Å²) in [5.41, 5.74) is 0. The number of nitrogens with zero attached hydrogens (tertiary/aromatic N) is 2. The molecule has 4 nitrogen and oxygen atoms in total. The van der Waals surface area contributed by atoms with E-state index in [2.05, 4.69) is 27.9 Å². The standard InChI is InChI=1S/C10H17BrN2O2/c1-3-15-9(14)13-6-8-10(11,7-13)4-5-12(8)2/h8H,3-7H2,1-2H3. The van der Waals surface area contributed by atoms with Gasteiger partial charge in [-0.05, 0) is 26.9 Å². The average molecular weight is 277 g/mol. The number of likely N-dealkylation sites (N-methyl/N-ethyl adjacent to an activating group) is 1. The number of likely N-dealkylation sites (tertiary alicyclic amines) is 2. The molecule has 0 saturated carbocycles. The van der Waals surface area contributed by atoms with Gasteiger partial charge in [-0.25, -0.2) is 4.79 Å². The van der Waals surface area contributed by atoms with Crippen LogP contribution in [0.15, 0.2) is 0 Å².